The Balaban J connectivity index is 1.94. The average Bonchev–Trinajstić information content (AvgIpc) is 3.25. The molecule has 2 aromatic carbocycles. The third-order valence-electron chi connectivity index (χ3n) is 3.77. The normalized spacial score (nSPS) is 13.1. The Bertz CT molecular complexity index is 1060. The minimum Gasteiger partial charge on any atom is -0.465 e. The number of fused-ring (bicyclic) bond motifs is 2. The molecule has 0 aliphatic heterocycles. The maximum atomic E-state index is 12.1. The first-order valence-electron chi connectivity index (χ1n) is 8.20. The highest BCUT2D eigenvalue weighted by Crippen LogP contribution is 2.24. The quantitative estimate of drug-likeness (QED) is 0.532. The van der Waals surface area contributed by atoms with Crippen LogP contribution in [0.3, 0.4) is 0 Å². The predicted molar refractivity (Wildman–Crippen MR) is 88.6 cm³/mol. The molecule has 2 heterocycles. The van der Waals surface area contributed by atoms with Crippen molar-refractivity contribution in [1.82, 2.24) is 4.57 Å². The van der Waals surface area contributed by atoms with Crippen molar-refractivity contribution in [3.05, 3.63) is 72.1 Å². The van der Waals surface area contributed by atoms with E-state index in [1.165, 1.54) is 11.7 Å². The summed E-state index contributed by atoms with van der Waals surface area (Å²) >= 11 is 0. The molecule has 0 bridgehead atoms. The summed E-state index contributed by atoms with van der Waals surface area (Å²) < 4.78 is 29.2. The summed E-state index contributed by atoms with van der Waals surface area (Å²) in [6, 6.07) is 16.0. The van der Waals surface area contributed by atoms with E-state index in [-0.39, 0.29) is 5.76 Å². The van der Waals surface area contributed by atoms with Crippen LogP contribution in [0.2, 0.25) is 0 Å². The first-order chi connectivity index (χ1) is 12.0. The molecule has 0 saturated carbocycles. The zero-order valence-electron chi connectivity index (χ0n) is 14.4. The third kappa shape index (κ3) is 2.28. The molecule has 4 heteroatoms. The van der Waals surface area contributed by atoms with E-state index in [0.29, 0.717) is 16.7 Å². The third-order valence-corrected chi connectivity index (χ3v) is 3.77. The Kier molecular flexibility index (Phi) is 2.67. The lowest BCUT2D eigenvalue weighted by Gasteiger charge is -2.07. The van der Waals surface area contributed by atoms with Gasteiger partial charge in [0.1, 0.15) is 11.3 Å². The second-order valence-electron chi connectivity index (χ2n) is 5.18. The fraction of sp³-hybridized carbons (Fsp3) is 0.105. The van der Waals surface area contributed by atoms with Crippen LogP contribution >= 0.6 is 0 Å². The van der Waals surface area contributed by atoms with Crippen LogP contribution in [0.15, 0.2) is 65.2 Å². The standard InChI is InChI=1S/C19H15NO3/c1-22-19(21)16-7-4-6-13-9-10-20(18(13)16)12-15-11-14-5-2-3-8-17(14)23-15/h2-11H,12H2,1H3/i12D2. The molecule has 0 saturated heterocycles. The van der Waals surface area contributed by atoms with Crippen molar-refractivity contribution in [2.24, 2.45) is 0 Å². The molecule has 23 heavy (non-hydrogen) atoms. The molecule has 4 aromatic rings. The monoisotopic (exact) mass is 307 g/mol. The van der Waals surface area contributed by atoms with Crippen molar-refractivity contribution < 1.29 is 16.7 Å². The van der Waals surface area contributed by atoms with Gasteiger partial charge in [0.2, 0.25) is 0 Å². The number of carbonyl (C=O) groups is 1. The van der Waals surface area contributed by atoms with Crippen molar-refractivity contribution in [3.8, 4) is 0 Å². The van der Waals surface area contributed by atoms with Crippen molar-refractivity contribution >= 4 is 27.8 Å². The number of esters is 1. The van der Waals surface area contributed by atoms with Gasteiger partial charge < -0.3 is 13.7 Å². The SMILES string of the molecule is [2H]C([2H])(c1cc2ccccc2o1)n1ccc2cccc(C(=O)OC)c21. The number of rotatable bonds is 3. The fourth-order valence-corrected chi connectivity index (χ4v) is 2.72. The van der Waals surface area contributed by atoms with Crippen molar-refractivity contribution in [2.45, 2.75) is 6.50 Å². The zero-order chi connectivity index (χ0) is 17.6. The van der Waals surface area contributed by atoms with Gasteiger partial charge in [-0.15, -0.1) is 0 Å². The molecule has 0 aliphatic rings. The molecule has 0 spiro atoms. The van der Waals surface area contributed by atoms with Gasteiger partial charge in [-0.3, -0.25) is 0 Å². The molecule has 0 amide bonds. The summed E-state index contributed by atoms with van der Waals surface area (Å²) in [5.74, 6) is -0.336. The molecule has 0 radical (unpaired) electrons. The predicted octanol–water partition coefficient (Wildman–Crippen LogP) is 4.22. The maximum Gasteiger partial charge on any atom is 0.340 e. The number of nitrogens with zero attached hydrogens (tertiary/aromatic N) is 1. The summed E-state index contributed by atoms with van der Waals surface area (Å²) in [7, 11) is 1.31. The first kappa shape index (κ1) is 11.5. The van der Waals surface area contributed by atoms with Crippen molar-refractivity contribution in [1.29, 1.82) is 0 Å². The van der Waals surface area contributed by atoms with Crippen molar-refractivity contribution in [3.63, 3.8) is 0 Å². The topological polar surface area (TPSA) is 44.4 Å². The molecular weight excluding hydrogens is 290 g/mol. The number of furan rings is 1. The van der Waals surface area contributed by atoms with Gasteiger partial charge in [0.05, 0.1) is 27.4 Å². The summed E-state index contributed by atoms with van der Waals surface area (Å²) in [6.07, 6.45) is 1.62. The molecule has 0 atom stereocenters. The lowest BCUT2D eigenvalue weighted by molar-refractivity contribution is 0.0602. The van der Waals surface area contributed by atoms with E-state index in [9.17, 15) is 4.79 Å². The molecule has 0 aliphatic carbocycles. The highest BCUT2D eigenvalue weighted by molar-refractivity contribution is 6.03. The van der Waals surface area contributed by atoms with E-state index >= 15 is 0 Å². The lowest BCUT2D eigenvalue weighted by atomic mass is 10.1. The number of hydrogen-bond acceptors (Lipinski definition) is 3. The molecule has 4 nitrogen and oxygen atoms in total. The highest BCUT2D eigenvalue weighted by atomic mass is 16.5. The van der Waals surface area contributed by atoms with Crippen LogP contribution in [0.25, 0.3) is 21.9 Å². The largest absolute Gasteiger partial charge is 0.465 e. The number of ether oxygens (including phenoxy) is 1. The van der Waals surface area contributed by atoms with E-state index in [2.05, 4.69) is 0 Å². The van der Waals surface area contributed by atoms with E-state index in [0.717, 1.165) is 10.8 Å². The number of methoxy groups -OCH3 is 1. The molecule has 0 unspecified atom stereocenters. The zero-order valence-corrected chi connectivity index (χ0v) is 12.4. The Labute approximate surface area is 135 Å². The number of carbonyl (C=O) groups excluding carboxylic acids is 1. The van der Waals surface area contributed by atoms with Crippen LogP contribution in [0.1, 0.15) is 18.9 Å². The summed E-state index contributed by atoms with van der Waals surface area (Å²) in [6.45, 7) is -1.97. The minimum atomic E-state index is -1.97. The van der Waals surface area contributed by atoms with Crippen LogP contribution in [0, 0.1) is 0 Å². The first-order valence-corrected chi connectivity index (χ1v) is 7.20. The van der Waals surface area contributed by atoms with Crippen LogP contribution < -0.4 is 0 Å². The lowest BCUT2D eigenvalue weighted by Crippen LogP contribution is -2.06. The molecule has 2 aromatic heterocycles. The molecular formula is C19H15NO3. The number of para-hydroxylation sites is 2. The van der Waals surface area contributed by atoms with Gasteiger partial charge in [0.25, 0.3) is 0 Å². The summed E-state index contributed by atoms with van der Waals surface area (Å²) in [4.78, 5) is 12.1. The second kappa shape index (κ2) is 5.32. The van der Waals surface area contributed by atoms with Gasteiger partial charge in [-0.05, 0) is 24.3 Å². The molecule has 114 valence electrons. The van der Waals surface area contributed by atoms with E-state index < -0.39 is 12.5 Å². The van der Waals surface area contributed by atoms with Gasteiger partial charge in [-0.2, -0.15) is 0 Å². The van der Waals surface area contributed by atoms with Crippen LogP contribution in [0.4, 0.5) is 0 Å². The average molecular weight is 307 g/mol. The van der Waals surface area contributed by atoms with Gasteiger partial charge in [-0.1, -0.05) is 30.3 Å². The van der Waals surface area contributed by atoms with Gasteiger partial charge >= 0.3 is 5.97 Å². The second-order valence-corrected chi connectivity index (χ2v) is 5.18. The van der Waals surface area contributed by atoms with Gasteiger partial charge in [-0.25, -0.2) is 4.79 Å². The Morgan fingerprint density at radius 1 is 1.17 bits per heavy atom. The van der Waals surface area contributed by atoms with E-state index in [1.807, 2.05) is 24.3 Å². The molecule has 0 fully saturated rings. The Hall–Kier alpha value is -3.01. The van der Waals surface area contributed by atoms with E-state index in [4.69, 9.17) is 11.9 Å². The Morgan fingerprint density at radius 2 is 2.00 bits per heavy atom. The van der Waals surface area contributed by atoms with Crippen LogP contribution in [0.5, 0.6) is 0 Å². The minimum absolute atomic E-state index is 0.172. The van der Waals surface area contributed by atoms with Crippen molar-refractivity contribution in [2.75, 3.05) is 7.11 Å². The highest BCUT2D eigenvalue weighted by Gasteiger charge is 2.14. The summed E-state index contributed by atoms with van der Waals surface area (Å²) in [5.41, 5.74) is 1.40. The van der Waals surface area contributed by atoms with Gasteiger partial charge in [0.15, 0.2) is 0 Å². The maximum absolute atomic E-state index is 12.1. The van der Waals surface area contributed by atoms with Crippen LogP contribution in [-0.4, -0.2) is 17.6 Å². The molecule has 0 N–H and O–H groups in total. The number of aromatic nitrogens is 1. The van der Waals surface area contributed by atoms with Crippen LogP contribution in [-0.2, 0) is 11.2 Å². The van der Waals surface area contributed by atoms with E-state index in [1.54, 1.807) is 36.5 Å². The number of benzene rings is 2. The summed E-state index contributed by atoms with van der Waals surface area (Å²) in [5, 5.41) is 1.58. The number of hydrogen-bond donors (Lipinski definition) is 0. The fourth-order valence-electron chi connectivity index (χ4n) is 2.72. The molecule has 4 rings (SSSR count). The van der Waals surface area contributed by atoms with Gasteiger partial charge in [0, 0.05) is 17.0 Å². The Morgan fingerprint density at radius 3 is 2.83 bits per heavy atom. The smallest absolute Gasteiger partial charge is 0.340 e.